The van der Waals surface area contributed by atoms with Gasteiger partial charge in [0.05, 0.1) is 12.0 Å². The van der Waals surface area contributed by atoms with Gasteiger partial charge in [-0.2, -0.15) is 0 Å². The Morgan fingerprint density at radius 3 is 2.56 bits per heavy atom. The highest BCUT2D eigenvalue weighted by Crippen LogP contribution is 2.15. The van der Waals surface area contributed by atoms with E-state index in [4.69, 9.17) is 5.73 Å². The van der Waals surface area contributed by atoms with Crippen molar-refractivity contribution < 1.29 is 9.18 Å². The molecule has 0 heterocycles. The maximum absolute atomic E-state index is 13.4. The normalized spacial score (nSPS) is 14.3. The summed E-state index contributed by atoms with van der Waals surface area (Å²) in [4.78, 5) is 11.9. The summed E-state index contributed by atoms with van der Waals surface area (Å²) >= 11 is 0. The molecule has 3 nitrogen and oxygen atoms in total. The van der Waals surface area contributed by atoms with E-state index in [2.05, 4.69) is 5.32 Å². The minimum absolute atomic E-state index is 0.0367. The Balaban J connectivity index is 2.70. The lowest BCUT2D eigenvalue weighted by Gasteiger charge is -2.33. The standard InChI is InChI=1S/C14H21FN2O/c1-10(2)14(3,9-16)17-13(18)8-11-6-4-5-7-12(11)15/h4-7,10H,8-9,16H2,1-3H3,(H,17,18). The maximum atomic E-state index is 13.4. The highest BCUT2D eigenvalue weighted by molar-refractivity contribution is 5.79. The SMILES string of the molecule is CC(C)C(C)(CN)NC(=O)Cc1ccccc1F. The highest BCUT2D eigenvalue weighted by atomic mass is 19.1. The van der Waals surface area contributed by atoms with Crippen LogP contribution >= 0.6 is 0 Å². The minimum Gasteiger partial charge on any atom is -0.349 e. The van der Waals surface area contributed by atoms with Gasteiger partial charge in [-0.25, -0.2) is 4.39 Å². The monoisotopic (exact) mass is 252 g/mol. The third kappa shape index (κ3) is 3.53. The first-order valence-corrected chi connectivity index (χ1v) is 6.13. The van der Waals surface area contributed by atoms with Crippen LogP contribution in [-0.4, -0.2) is 18.0 Å². The van der Waals surface area contributed by atoms with E-state index in [0.29, 0.717) is 12.1 Å². The van der Waals surface area contributed by atoms with Gasteiger partial charge in [0.2, 0.25) is 5.91 Å². The average Bonchev–Trinajstić information content (AvgIpc) is 2.31. The Hall–Kier alpha value is -1.42. The number of carbonyl (C=O) groups excluding carboxylic acids is 1. The molecule has 0 radical (unpaired) electrons. The van der Waals surface area contributed by atoms with Gasteiger partial charge in [-0.3, -0.25) is 4.79 Å². The minimum atomic E-state index is -0.456. The van der Waals surface area contributed by atoms with E-state index in [9.17, 15) is 9.18 Å². The Morgan fingerprint density at radius 2 is 2.06 bits per heavy atom. The molecule has 0 aliphatic heterocycles. The summed E-state index contributed by atoms with van der Waals surface area (Å²) in [7, 11) is 0. The summed E-state index contributed by atoms with van der Waals surface area (Å²) in [5.41, 5.74) is 5.64. The van der Waals surface area contributed by atoms with E-state index in [0.717, 1.165) is 0 Å². The Morgan fingerprint density at radius 1 is 1.44 bits per heavy atom. The van der Waals surface area contributed by atoms with Crippen molar-refractivity contribution in [3.63, 3.8) is 0 Å². The van der Waals surface area contributed by atoms with E-state index in [1.165, 1.54) is 6.07 Å². The van der Waals surface area contributed by atoms with Crippen LogP contribution in [0.25, 0.3) is 0 Å². The number of hydrogen-bond acceptors (Lipinski definition) is 2. The predicted octanol–water partition coefficient (Wildman–Crippen LogP) is 1.86. The molecular weight excluding hydrogens is 231 g/mol. The largest absolute Gasteiger partial charge is 0.349 e. The van der Waals surface area contributed by atoms with Crippen molar-refractivity contribution in [1.29, 1.82) is 0 Å². The molecule has 1 aromatic carbocycles. The molecule has 0 spiro atoms. The van der Waals surface area contributed by atoms with E-state index in [1.54, 1.807) is 18.2 Å². The summed E-state index contributed by atoms with van der Waals surface area (Å²) < 4.78 is 13.4. The van der Waals surface area contributed by atoms with Crippen LogP contribution in [0.15, 0.2) is 24.3 Å². The van der Waals surface area contributed by atoms with Crippen molar-refractivity contribution in [2.24, 2.45) is 11.7 Å². The van der Waals surface area contributed by atoms with Crippen LogP contribution in [0.3, 0.4) is 0 Å². The van der Waals surface area contributed by atoms with Gasteiger partial charge in [0.1, 0.15) is 5.82 Å². The van der Waals surface area contributed by atoms with Crippen LogP contribution in [0.5, 0.6) is 0 Å². The van der Waals surface area contributed by atoms with Crippen LogP contribution in [0.2, 0.25) is 0 Å². The second-order valence-electron chi connectivity index (χ2n) is 5.09. The van der Waals surface area contributed by atoms with Gasteiger partial charge in [-0.1, -0.05) is 32.0 Å². The lowest BCUT2D eigenvalue weighted by atomic mass is 9.88. The van der Waals surface area contributed by atoms with Crippen LogP contribution in [0, 0.1) is 11.7 Å². The van der Waals surface area contributed by atoms with Crippen molar-refractivity contribution in [3.05, 3.63) is 35.6 Å². The zero-order valence-corrected chi connectivity index (χ0v) is 11.2. The van der Waals surface area contributed by atoms with Crippen LogP contribution < -0.4 is 11.1 Å². The Kier molecular flexibility index (Phi) is 4.84. The molecule has 0 saturated heterocycles. The van der Waals surface area contributed by atoms with E-state index in [1.807, 2.05) is 20.8 Å². The lowest BCUT2D eigenvalue weighted by Crippen LogP contribution is -2.55. The molecule has 0 aliphatic carbocycles. The summed E-state index contributed by atoms with van der Waals surface area (Å²) in [6.07, 6.45) is 0.0367. The van der Waals surface area contributed by atoms with E-state index >= 15 is 0 Å². The number of rotatable bonds is 5. The van der Waals surface area contributed by atoms with Crippen molar-refractivity contribution in [2.45, 2.75) is 32.7 Å². The second-order valence-corrected chi connectivity index (χ2v) is 5.09. The molecular formula is C14H21FN2O. The third-order valence-corrected chi connectivity index (χ3v) is 3.43. The van der Waals surface area contributed by atoms with Crippen molar-refractivity contribution >= 4 is 5.91 Å². The van der Waals surface area contributed by atoms with Crippen LogP contribution in [0.4, 0.5) is 4.39 Å². The first-order valence-electron chi connectivity index (χ1n) is 6.13. The van der Waals surface area contributed by atoms with Gasteiger partial charge >= 0.3 is 0 Å². The molecule has 0 aromatic heterocycles. The smallest absolute Gasteiger partial charge is 0.225 e. The first kappa shape index (κ1) is 14.6. The van der Waals surface area contributed by atoms with Gasteiger partial charge in [0.25, 0.3) is 0 Å². The maximum Gasteiger partial charge on any atom is 0.225 e. The fourth-order valence-corrected chi connectivity index (χ4v) is 1.61. The molecule has 1 rings (SSSR count). The molecule has 1 aromatic rings. The molecule has 1 amide bonds. The summed E-state index contributed by atoms with van der Waals surface area (Å²) in [5, 5.41) is 2.89. The molecule has 100 valence electrons. The molecule has 18 heavy (non-hydrogen) atoms. The number of halogens is 1. The molecule has 3 N–H and O–H groups in total. The Labute approximate surface area is 108 Å². The number of amides is 1. The molecule has 1 atom stereocenters. The van der Waals surface area contributed by atoms with Crippen molar-refractivity contribution in [1.82, 2.24) is 5.32 Å². The molecule has 0 saturated carbocycles. The Bertz CT molecular complexity index is 420. The number of nitrogens with two attached hydrogens (primary N) is 1. The highest BCUT2D eigenvalue weighted by Gasteiger charge is 2.28. The van der Waals surface area contributed by atoms with Gasteiger partial charge in [0, 0.05) is 6.54 Å². The number of hydrogen-bond donors (Lipinski definition) is 2. The van der Waals surface area contributed by atoms with Gasteiger partial charge in [-0.05, 0) is 24.5 Å². The zero-order valence-electron chi connectivity index (χ0n) is 11.2. The average molecular weight is 252 g/mol. The van der Waals surface area contributed by atoms with Crippen molar-refractivity contribution in [2.75, 3.05) is 6.54 Å². The first-order chi connectivity index (χ1) is 8.39. The van der Waals surface area contributed by atoms with Crippen LogP contribution in [0.1, 0.15) is 26.3 Å². The third-order valence-electron chi connectivity index (χ3n) is 3.43. The van der Waals surface area contributed by atoms with E-state index < -0.39 is 5.54 Å². The molecule has 0 fully saturated rings. The number of nitrogens with one attached hydrogen (secondary N) is 1. The zero-order chi connectivity index (χ0) is 13.8. The molecule has 4 heteroatoms. The van der Waals surface area contributed by atoms with Gasteiger partial charge in [0.15, 0.2) is 0 Å². The molecule has 0 bridgehead atoms. The molecule has 0 aliphatic rings. The summed E-state index contributed by atoms with van der Waals surface area (Å²) in [6.45, 7) is 6.25. The van der Waals surface area contributed by atoms with Gasteiger partial charge < -0.3 is 11.1 Å². The van der Waals surface area contributed by atoms with Crippen molar-refractivity contribution in [3.8, 4) is 0 Å². The summed E-state index contributed by atoms with van der Waals surface area (Å²) in [5.74, 6) is -0.347. The molecule has 1 unspecified atom stereocenters. The van der Waals surface area contributed by atoms with E-state index in [-0.39, 0.29) is 24.1 Å². The topological polar surface area (TPSA) is 55.1 Å². The number of benzene rings is 1. The second kappa shape index (κ2) is 5.96. The lowest BCUT2D eigenvalue weighted by molar-refractivity contribution is -0.122. The van der Waals surface area contributed by atoms with Crippen LogP contribution in [-0.2, 0) is 11.2 Å². The fraction of sp³-hybridized carbons (Fsp3) is 0.500. The predicted molar refractivity (Wildman–Crippen MR) is 70.5 cm³/mol. The fourth-order valence-electron chi connectivity index (χ4n) is 1.61. The number of carbonyl (C=O) groups is 1. The quantitative estimate of drug-likeness (QED) is 0.840. The summed E-state index contributed by atoms with van der Waals surface area (Å²) in [6, 6.07) is 6.29. The van der Waals surface area contributed by atoms with Gasteiger partial charge in [-0.15, -0.1) is 0 Å².